The Morgan fingerprint density at radius 2 is 1.76 bits per heavy atom. The predicted molar refractivity (Wildman–Crippen MR) is 171 cm³/mol. The van der Waals surface area contributed by atoms with E-state index >= 15 is 0 Å². The number of benzene rings is 2. The van der Waals surface area contributed by atoms with Crippen LogP contribution in [-0.4, -0.2) is 72.5 Å². The molecule has 12 nitrogen and oxygen atoms in total. The number of allylic oxidation sites excluding steroid dienone is 1. The van der Waals surface area contributed by atoms with E-state index in [4.69, 9.17) is 14.3 Å². The van der Waals surface area contributed by atoms with Crippen molar-refractivity contribution in [3.8, 4) is 0 Å². The van der Waals surface area contributed by atoms with Crippen LogP contribution in [0.2, 0.25) is 0 Å². The highest BCUT2D eigenvalue weighted by Crippen LogP contribution is 2.42. The van der Waals surface area contributed by atoms with E-state index in [0.717, 1.165) is 22.9 Å². The van der Waals surface area contributed by atoms with Crippen molar-refractivity contribution in [1.29, 1.82) is 0 Å². The van der Waals surface area contributed by atoms with Crippen molar-refractivity contribution in [1.82, 2.24) is 19.0 Å². The molecule has 2 aliphatic rings. The van der Waals surface area contributed by atoms with Crippen LogP contribution in [0.3, 0.4) is 0 Å². The zero-order chi connectivity index (χ0) is 32.8. The first kappa shape index (κ1) is 32.6. The van der Waals surface area contributed by atoms with Crippen molar-refractivity contribution in [3.05, 3.63) is 108 Å². The zero-order valence-corrected chi connectivity index (χ0v) is 26.9. The fraction of sp³-hybridized carbons (Fsp3) is 0.281. The van der Waals surface area contributed by atoms with E-state index in [-0.39, 0.29) is 17.1 Å². The number of amides is 2. The van der Waals surface area contributed by atoms with E-state index in [0.29, 0.717) is 11.3 Å². The van der Waals surface area contributed by atoms with Crippen LogP contribution < -0.4 is 5.32 Å². The van der Waals surface area contributed by atoms with Gasteiger partial charge in [0.2, 0.25) is 6.61 Å². The molecule has 5 rings (SSSR count). The van der Waals surface area contributed by atoms with E-state index in [9.17, 15) is 19.2 Å². The minimum Gasteiger partial charge on any atom is -0.457 e. The smallest absolute Gasteiger partial charge is 0.356 e. The Labute approximate surface area is 273 Å². The van der Waals surface area contributed by atoms with Gasteiger partial charge in [-0.05, 0) is 37.5 Å². The Balaban J connectivity index is 1.32. The molecule has 2 aliphatic heterocycles. The largest absolute Gasteiger partial charge is 0.457 e. The molecular formula is C32H31N5O7S2. The van der Waals surface area contributed by atoms with Gasteiger partial charge in [-0.25, -0.2) is 9.59 Å². The first-order chi connectivity index (χ1) is 22.1. The summed E-state index contributed by atoms with van der Waals surface area (Å²) in [5, 5.41) is 5.88. The summed E-state index contributed by atoms with van der Waals surface area (Å²) in [5.41, 5.74) is 1.23. The van der Waals surface area contributed by atoms with Crippen LogP contribution in [0.25, 0.3) is 0 Å². The molecule has 1 N–H and O–H groups in total. The fourth-order valence-electron chi connectivity index (χ4n) is 4.74. The molecule has 238 valence electrons. The Kier molecular flexibility index (Phi) is 9.97. The average molecular weight is 662 g/mol. The van der Waals surface area contributed by atoms with E-state index in [1.807, 2.05) is 60.7 Å². The van der Waals surface area contributed by atoms with Gasteiger partial charge < -0.3 is 19.6 Å². The second-order valence-electron chi connectivity index (χ2n) is 11.1. The van der Waals surface area contributed by atoms with Crippen LogP contribution >= 0.6 is 23.5 Å². The van der Waals surface area contributed by atoms with Crippen LogP contribution in [0, 0.1) is 0 Å². The zero-order valence-electron chi connectivity index (χ0n) is 25.2. The number of aromatic nitrogens is 2. The maximum Gasteiger partial charge on any atom is 0.356 e. The number of fused-ring (bicyclic) bond motifs is 1. The van der Waals surface area contributed by atoms with Crippen LogP contribution in [0.4, 0.5) is 0 Å². The van der Waals surface area contributed by atoms with Crippen LogP contribution in [0.15, 0.2) is 95.9 Å². The summed E-state index contributed by atoms with van der Waals surface area (Å²) in [5.74, 6) is -2.31. The molecule has 3 heterocycles. The molecule has 2 unspecified atom stereocenters. The first-order valence-electron chi connectivity index (χ1n) is 14.2. The molecule has 0 radical (unpaired) electrons. The van der Waals surface area contributed by atoms with Crippen LogP contribution in [0.5, 0.6) is 0 Å². The van der Waals surface area contributed by atoms with Gasteiger partial charge >= 0.3 is 11.9 Å². The normalized spacial score (nSPS) is 18.0. The molecule has 0 spiro atoms. The third-order valence-corrected chi connectivity index (χ3v) is 8.51. The summed E-state index contributed by atoms with van der Waals surface area (Å²) in [6.45, 7) is 8.41. The summed E-state index contributed by atoms with van der Waals surface area (Å²) in [6, 6.07) is 17.6. The monoisotopic (exact) mass is 661 g/mol. The van der Waals surface area contributed by atoms with Gasteiger partial charge in [-0.3, -0.25) is 14.5 Å². The van der Waals surface area contributed by atoms with Crippen molar-refractivity contribution in [2.45, 2.75) is 43.9 Å². The average Bonchev–Trinajstić information content (AvgIpc) is 3.58. The van der Waals surface area contributed by atoms with Crippen molar-refractivity contribution in [3.63, 3.8) is 0 Å². The molecule has 3 aromatic rings. The third-order valence-electron chi connectivity index (χ3n) is 6.73. The number of nitrogens with one attached hydrogen (secondary N) is 1. The molecule has 0 saturated carbocycles. The maximum atomic E-state index is 13.8. The number of hydrogen-bond donors (Lipinski definition) is 1. The van der Waals surface area contributed by atoms with Gasteiger partial charge in [0.05, 0.1) is 17.9 Å². The number of hydrogen-bond acceptors (Lipinski definition) is 12. The van der Waals surface area contributed by atoms with Gasteiger partial charge in [-0.2, -0.15) is 8.75 Å². The number of carbonyl (C=O) groups excluding carboxylic acids is 4. The molecular weight excluding hydrogens is 631 g/mol. The lowest BCUT2D eigenvalue weighted by Crippen LogP contribution is -2.71. The molecule has 2 aromatic carbocycles. The number of carbonyl (C=O) groups is 4. The molecule has 0 aliphatic carbocycles. The first-order valence-corrected chi connectivity index (χ1v) is 16.0. The standard InChI is InChI=1S/C32H31N5O7S2/c1-5-19-18-45-30-25(34-28(39)24(22-16-33-46-36-22)35-42-17-23(38)44-32(2,3)4)29(40)37(30)26(19)31(41)43-27(20-12-8-6-9-13-20)21-14-10-7-11-15-21/h5-16,25,27,30H,1,17-18H2,2-4H3,(H,34,39)/b35-24+. The summed E-state index contributed by atoms with van der Waals surface area (Å²) in [4.78, 5) is 59.2. The Bertz CT molecular complexity index is 1630. The van der Waals surface area contributed by atoms with Crippen molar-refractivity contribution in [2.75, 3.05) is 12.4 Å². The summed E-state index contributed by atoms with van der Waals surface area (Å²) in [6.07, 6.45) is 2.12. The number of rotatable bonds is 11. The van der Waals surface area contributed by atoms with Gasteiger partial charge in [0.1, 0.15) is 28.4 Å². The van der Waals surface area contributed by atoms with Gasteiger partial charge in [-0.1, -0.05) is 78.5 Å². The number of ether oxygens (including phenoxy) is 2. The minimum atomic E-state index is -0.992. The van der Waals surface area contributed by atoms with Gasteiger partial charge in [0.15, 0.2) is 11.8 Å². The van der Waals surface area contributed by atoms with Crippen LogP contribution in [0.1, 0.15) is 43.7 Å². The fourth-order valence-corrected chi connectivity index (χ4v) is 6.50. The van der Waals surface area contributed by atoms with Crippen LogP contribution in [-0.2, 0) is 33.5 Å². The van der Waals surface area contributed by atoms with Gasteiger partial charge in [0, 0.05) is 5.75 Å². The molecule has 1 saturated heterocycles. The lowest BCUT2D eigenvalue weighted by atomic mass is 10.0. The second kappa shape index (κ2) is 14.1. The van der Waals surface area contributed by atoms with Crippen molar-refractivity contribution in [2.24, 2.45) is 5.16 Å². The predicted octanol–water partition coefficient (Wildman–Crippen LogP) is 3.77. The summed E-state index contributed by atoms with van der Waals surface area (Å²) < 4.78 is 19.2. The highest BCUT2D eigenvalue weighted by Gasteiger charge is 2.54. The Morgan fingerprint density at radius 3 is 2.33 bits per heavy atom. The maximum absolute atomic E-state index is 13.8. The number of esters is 2. The molecule has 1 fully saturated rings. The number of nitrogens with zero attached hydrogens (tertiary/aromatic N) is 4. The third kappa shape index (κ3) is 7.35. The molecule has 14 heteroatoms. The molecule has 1 aromatic heterocycles. The lowest BCUT2D eigenvalue weighted by molar-refractivity contribution is -0.160. The molecule has 46 heavy (non-hydrogen) atoms. The summed E-state index contributed by atoms with van der Waals surface area (Å²) >= 11 is 2.21. The summed E-state index contributed by atoms with van der Waals surface area (Å²) in [7, 11) is 0. The van der Waals surface area contributed by atoms with Gasteiger partial charge in [-0.15, -0.1) is 11.8 Å². The second-order valence-corrected chi connectivity index (χ2v) is 12.8. The number of oxime groups is 1. The van der Waals surface area contributed by atoms with E-state index in [2.05, 4.69) is 25.8 Å². The van der Waals surface area contributed by atoms with Gasteiger partial charge in [0.25, 0.3) is 11.8 Å². The molecule has 2 amide bonds. The Morgan fingerprint density at radius 1 is 1.11 bits per heavy atom. The molecule has 0 bridgehead atoms. The van der Waals surface area contributed by atoms with E-state index in [1.54, 1.807) is 20.8 Å². The lowest BCUT2D eigenvalue weighted by Gasteiger charge is -2.49. The highest BCUT2D eigenvalue weighted by atomic mass is 32.2. The topological polar surface area (TPSA) is 149 Å². The van der Waals surface area contributed by atoms with Crippen molar-refractivity contribution >= 4 is 53.0 Å². The number of β-lactam (4-membered cyclic amide) rings is 1. The Hall–Kier alpha value is -4.82. The van der Waals surface area contributed by atoms with E-state index in [1.165, 1.54) is 28.9 Å². The molecule has 2 atom stereocenters. The SMILES string of the molecule is C=CC1=C(C(=O)OC(c2ccccc2)c2ccccc2)N2C(=O)C(NC(=O)/C(=N/OCC(=O)OC(C)(C)C)c3cnsn3)C2SC1. The quantitative estimate of drug-likeness (QED) is 0.139. The minimum absolute atomic E-state index is 0.0735. The highest BCUT2D eigenvalue weighted by molar-refractivity contribution is 8.00. The van der Waals surface area contributed by atoms with E-state index < -0.39 is 53.5 Å². The van der Waals surface area contributed by atoms with Crippen molar-refractivity contribution < 1.29 is 33.5 Å². The number of thioether (sulfide) groups is 1.